The Morgan fingerprint density at radius 2 is 1.71 bits per heavy atom. The number of aliphatic carboxylic acids is 1. The van der Waals surface area contributed by atoms with Gasteiger partial charge in [0, 0.05) is 17.7 Å². The van der Waals surface area contributed by atoms with E-state index in [0.29, 0.717) is 0 Å². The molecule has 2 aliphatic rings. The van der Waals surface area contributed by atoms with Crippen molar-refractivity contribution in [2.45, 2.75) is 30.8 Å². The van der Waals surface area contributed by atoms with Crippen molar-refractivity contribution in [3.05, 3.63) is 59.7 Å². The first-order valence-corrected chi connectivity index (χ1v) is 11.4. The molecule has 2 amide bonds. The molecule has 7 nitrogen and oxygen atoms in total. The van der Waals surface area contributed by atoms with Crippen molar-refractivity contribution in [2.24, 2.45) is 0 Å². The van der Waals surface area contributed by atoms with Crippen LogP contribution in [0.5, 0.6) is 0 Å². The van der Waals surface area contributed by atoms with E-state index in [0.717, 1.165) is 40.2 Å². The summed E-state index contributed by atoms with van der Waals surface area (Å²) in [6.07, 6.45) is -0.471. The average molecular weight is 441 g/mol. The second-order valence-electron chi connectivity index (χ2n) is 7.69. The van der Waals surface area contributed by atoms with Gasteiger partial charge in [-0.15, -0.1) is 0 Å². The lowest BCUT2D eigenvalue weighted by atomic mass is 9.98. The Bertz CT molecular complexity index is 944. The smallest absolute Gasteiger partial charge is 0.407 e. The zero-order valence-electron chi connectivity index (χ0n) is 16.9. The second kappa shape index (κ2) is 9.43. The number of fused-ring (bicyclic) bond motifs is 3. The Kier molecular flexibility index (Phi) is 6.46. The Morgan fingerprint density at radius 1 is 1.06 bits per heavy atom. The molecule has 2 aromatic rings. The molecule has 31 heavy (non-hydrogen) atoms. The third kappa shape index (κ3) is 4.85. The largest absolute Gasteiger partial charge is 0.481 e. The van der Waals surface area contributed by atoms with Crippen LogP contribution in [-0.4, -0.2) is 53.3 Å². The third-order valence-corrected chi connectivity index (χ3v) is 6.77. The number of carbonyl (C=O) groups is 3. The van der Waals surface area contributed by atoms with Gasteiger partial charge in [0.15, 0.2) is 0 Å². The Morgan fingerprint density at radius 3 is 2.29 bits per heavy atom. The number of carbonyl (C=O) groups excluding carboxylic acids is 2. The highest BCUT2D eigenvalue weighted by atomic mass is 32.2. The maximum absolute atomic E-state index is 12.5. The third-order valence-electron chi connectivity index (χ3n) is 5.61. The number of alkyl carbamates (subject to hydrolysis) is 1. The molecular formula is C23H24N2O5S. The van der Waals surface area contributed by atoms with Crippen LogP contribution in [0.4, 0.5) is 4.79 Å². The summed E-state index contributed by atoms with van der Waals surface area (Å²) < 4.78 is 5.44. The number of benzene rings is 2. The molecule has 1 aliphatic carbocycles. The van der Waals surface area contributed by atoms with Crippen molar-refractivity contribution in [3.8, 4) is 11.1 Å². The minimum absolute atomic E-state index is 0.00175. The van der Waals surface area contributed by atoms with Gasteiger partial charge >= 0.3 is 12.1 Å². The predicted octanol–water partition coefficient (Wildman–Crippen LogP) is 2.99. The molecule has 2 unspecified atom stereocenters. The van der Waals surface area contributed by atoms with Crippen molar-refractivity contribution in [3.63, 3.8) is 0 Å². The van der Waals surface area contributed by atoms with Gasteiger partial charge in [0.1, 0.15) is 12.6 Å². The molecule has 2 aromatic carbocycles. The van der Waals surface area contributed by atoms with Gasteiger partial charge in [0.25, 0.3) is 0 Å². The second-order valence-corrected chi connectivity index (χ2v) is 8.84. The van der Waals surface area contributed by atoms with Crippen molar-refractivity contribution in [1.82, 2.24) is 10.6 Å². The van der Waals surface area contributed by atoms with Gasteiger partial charge < -0.3 is 20.5 Å². The first kappa shape index (κ1) is 21.2. The SMILES string of the molecule is O=C(O)CC(NC(=O)OCC1c2ccccc2-c2ccccc21)C(=O)NC1CCSC1. The molecule has 3 N–H and O–H groups in total. The van der Waals surface area contributed by atoms with E-state index >= 15 is 0 Å². The van der Waals surface area contributed by atoms with E-state index in [2.05, 4.69) is 10.6 Å². The average Bonchev–Trinajstić information content (AvgIpc) is 3.37. The minimum Gasteiger partial charge on any atom is -0.481 e. The first-order chi connectivity index (χ1) is 15.0. The highest BCUT2D eigenvalue weighted by molar-refractivity contribution is 7.99. The highest BCUT2D eigenvalue weighted by Gasteiger charge is 2.31. The zero-order chi connectivity index (χ0) is 21.8. The molecule has 0 radical (unpaired) electrons. The molecule has 1 saturated heterocycles. The quantitative estimate of drug-likeness (QED) is 0.611. The van der Waals surface area contributed by atoms with Crippen LogP contribution < -0.4 is 10.6 Å². The van der Waals surface area contributed by atoms with Gasteiger partial charge in [-0.05, 0) is 34.4 Å². The Balaban J connectivity index is 1.40. The van der Waals surface area contributed by atoms with Gasteiger partial charge in [-0.25, -0.2) is 4.79 Å². The summed E-state index contributed by atoms with van der Waals surface area (Å²) in [5, 5.41) is 14.4. The number of hydrogen-bond acceptors (Lipinski definition) is 5. The van der Waals surface area contributed by atoms with E-state index in [4.69, 9.17) is 9.84 Å². The fraction of sp³-hybridized carbons (Fsp3) is 0.348. The number of amides is 2. The van der Waals surface area contributed by atoms with Crippen LogP contribution in [0.25, 0.3) is 11.1 Å². The van der Waals surface area contributed by atoms with Crippen LogP contribution in [0.2, 0.25) is 0 Å². The molecule has 1 fully saturated rings. The van der Waals surface area contributed by atoms with E-state index < -0.39 is 30.4 Å². The van der Waals surface area contributed by atoms with E-state index in [-0.39, 0.29) is 18.6 Å². The normalized spacial score (nSPS) is 18.0. The molecule has 2 atom stereocenters. The molecule has 0 saturated carbocycles. The molecule has 0 aromatic heterocycles. The Labute approximate surface area is 184 Å². The summed E-state index contributed by atoms with van der Waals surface area (Å²) >= 11 is 1.73. The standard InChI is InChI=1S/C23H24N2O5S/c26-21(27)11-20(22(28)24-14-9-10-31-13-14)25-23(29)30-12-19-17-7-3-1-5-15(17)16-6-2-4-8-18(16)19/h1-8,14,19-20H,9-13H2,(H,24,28)(H,25,29)(H,26,27). The van der Waals surface area contributed by atoms with E-state index in [1.54, 1.807) is 11.8 Å². The highest BCUT2D eigenvalue weighted by Crippen LogP contribution is 2.44. The van der Waals surface area contributed by atoms with Gasteiger partial charge in [-0.1, -0.05) is 48.5 Å². The van der Waals surface area contributed by atoms with Crippen LogP contribution >= 0.6 is 11.8 Å². The molecule has 8 heteroatoms. The van der Waals surface area contributed by atoms with Gasteiger partial charge in [0.2, 0.25) is 5.91 Å². The summed E-state index contributed by atoms with van der Waals surface area (Å²) in [6.45, 7) is 0.0978. The van der Waals surface area contributed by atoms with Crippen LogP contribution in [0.15, 0.2) is 48.5 Å². The van der Waals surface area contributed by atoms with Crippen molar-refractivity contribution in [1.29, 1.82) is 0 Å². The summed E-state index contributed by atoms with van der Waals surface area (Å²) in [7, 11) is 0. The van der Waals surface area contributed by atoms with Gasteiger partial charge in [0.05, 0.1) is 6.42 Å². The zero-order valence-corrected chi connectivity index (χ0v) is 17.7. The fourth-order valence-electron chi connectivity index (χ4n) is 4.12. The summed E-state index contributed by atoms with van der Waals surface area (Å²) in [6, 6.07) is 14.8. The lowest BCUT2D eigenvalue weighted by molar-refractivity contribution is -0.139. The number of nitrogens with one attached hydrogen (secondary N) is 2. The van der Waals surface area contributed by atoms with Crippen molar-refractivity contribution >= 4 is 29.7 Å². The number of carboxylic acids is 1. The minimum atomic E-state index is -1.18. The molecule has 1 aliphatic heterocycles. The number of thioether (sulfide) groups is 1. The lowest BCUT2D eigenvalue weighted by Crippen LogP contribution is -2.50. The van der Waals surface area contributed by atoms with Crippen LogP contribution in [-0.2, 0) is 14.3 Å². The maximum Gasteiger partial charge on any atom is 0.407 e. The molecular weight excluding hydrogens is 416 g/mol. The molecule has 162 valence electrons. The number of hydrogen-bond donors (Lipinski definition) is 3. The number of carboxylic acid groups (broad SMARTS) is 1. The number of ether oxygens (including phenoxy) is 1. The molecule has 0 bridgehead atoms. The van der Waals surface area contributed by atoms with Crippen molar-refractivity contribution in [2.75, 3.05) is 18.1 Å². The summed E-state index contributed by atoms with van der Waals surface area (Å²) in [5.41, 5.74) is 4.39. The summed E-state index contributed by atoms with van der Waals surface area (Å²) in [5.74, 6) is -0.0334. The Hall–Kier alpha value is -3.00. The first-order valence-electron chi connectivity index (χ1n) is 10.2. The fourth-order valence-corrected chi connectivity index (χ4v) is 5.27. The predicted molar refractivity (Wildman–Crippen MR) is 118 cm³/mol. The molecule has 4 rings (SSSR count). The van der Waals surface area contributed by atoms with E-state index in [1.165, 1.54) is 0 Å². The topological polar surface area (TPSA) is 105 Å². The molecule has 1 heterocycles. The van der Waals surface area contributed by atoms with E-state index in [9.17, 15) is 14.4 Å². The van der Waals surface area contributed by atoms with Gasteiger partial charge in [-0.2, -0.15) is 11.8 Å². The number of rotatable bonds is 7. The summed E-state index contributed by atoms with van der Waals surface area (Å²) in [4.78, 5) is 36.1. The van der Waals surface area contributed by atoms with Gasteiger partial charge in [-0.3, -0.25) is 9.59 Å². The monoisotopic (exact) mass is 440 g/mol. The van der Waals surface area contributed by atoms with Crippen LogP contribution in [0, 0.1) is 0 Å². The van der Waals surface area contributed by atoms with Crippen LogP contribution in [0.1, 0.15) is 29.9 Å². The van der Waals surface area contributed by atoms with E-state index in [1.807, 2.05) is 48.5 Å². The van der Waals surface area contributed by atoms with Crippen LogP contribution in [0.3, 0.4) is 0 Å². The molecule has 0 spiro atoms. The maximum atomic E-state index is 12.5. The van der Waals surface area contributed by atoms with Crippen molar-refractivity contribution < 1.29 is 24.2 Å². The lowest BCUT2D eigenvalue weighted by Gasteiger charge is -2.20.